The van der Waals surface area contributed by atoms with Crippen LogP contribution >= 0.6 is 0 Å². The smallest absolute Gasteiger partial charge is 0.307 e. The molecule has 0 bridgehead atoms. The number of carboxylic acids is 2. The van der Waals surface area contributed by atoms with Crippen LogP contribution < -0.4 is 5.32 Å². The van der Waals surface area contributed by atoms with E-state index in [0.717, 1.165) is 6.42 Å². The van der Waals surface area contributed by atoms with E-state index in [1.165, 1.54) is 0 Å². The van der Waals surface area contributed by atoms with Crippen molar-refractivity contribution in [1.29, 1.82) is 0 Å². The van der Waals surface area contributed by atoms with Gasteiger partial charge in [0.05, 0.1) is 18.3 Å². The first-order chi connectivity index (χ1) is 8.45. The first kappa shape index (κ1) is 14.5. The molecular formula is C12H19NO5. The molecule has 0 aliphatic heterocycles. The van der Waals surface area contributed by atoms with Crippen LogP contribution in [0.3, 0.4) is 0 Å². The van der Waals surface area contributed by atoms with Gasteiger partial charge in [-0.3, -0.25) is 14.4 Å². The normalized spacial score (nSPS) is 26.8. The fourth-order valence-electron chi connectivity index (χ4n) is 2.46. The second kappa shape index (κ2) is 6.37. The van der Waals surface area contributed by atoms with Crippen molar-refractivity contribution < 1.29 is 24.6 Å². The molecule has 0 heterocycles. The van der Waals surface area contributed by atoms with Crippen LogP contribution in [0.5, 0.6) is 0 Å². The number of amides is 1. The van der Waals surface area contributed by atoms with E-state index < -0.39 is 23.8 Å². The van der Waals surface area contributed by atoms with Gasteiger partial charge in [0, 0.05) is 6.54 Å². The highest BCUT2D eigenvalue weighted by Gasteiger charge is 2.41. The Bertz CT molecular complexity index is 341. The summed E-state index contributed by atoms with van der Waals surface area (Å²) in [5.74, 6) is -3.16. The van der Waals surface area contributed by atoms with E-state index in [9.17, 15) is 14.4 Å². The van der Waals surface area contributed by atoms with Crippen molar-refractivity contribution in [2.45, 2.75) is 32.6 Å². The van der Waals surface area contributed by atoms with E-state index in [2.05, 4.69) is 5.32 Å². The molecule has 0 saturated heterocycles. The van der Waals surface area contributed by atoms with Crippen molar-refractivity contribution in [3.63, 3.8) is 0 Å². The molecule has 1 aliphatic carbocycles. The largest absolute Gasteiger partial charge is 0.481 e. The van der Waals surface area contributed by atoms with Crippen LogP contribution in [-0.4, -0.2) is 34.6 Å². The molecule has 0 aromatic carbocycles. The number of carboxylic acid groups (broad SMARTS) is 2. The van der Waals surface area contributed by atoms with Crippen molar-refractivity contribution in [3.8, 4) is 0 Å². The lowest BCUT2D eigenvalue weighted by atomic mass is 9.95. The second-order valence-electron chi connectivity index (χ2n) is 4.73. The predicted octanol–water partition coefficient (Wildman–Crippen LogP) is 0.714. The molecule has 3 atom stereocenters. The SMILES string of the molecule is CCC1CC(C(=O)O)C(C(=O)NCCC(=O)O)C1. The molecular weight excluding hydrogens is 238 g/mol. The maximum atomic E-state index is 11.8. The zero-order chi connectivity index (χ0) is 13.7. The molecule has 6 heteroatoms. The average molecular weight is 257 g/mol. The summed E-state index contributed by atoms with van der Waals surface area (Å²) in [5, 5.41) is 20.1. The molecule has 0 aromatic heterocycles. The minimum Gasteiger partial charge on any atom is -0.481 e. The zero-order valence-electron chi connectivity index (χ0n) is 10.4. The molecule has 3 unspecified atom stereocenters. The Hall–Kier alpha value is -1.59. The third-order valence-corrected chi connectivity index (χ3v) is 3.53. The zero-order valence-corrected chi connectivity index (χ0v) is 10.4. The highest BCUT2D eigenvalue weighted by molar-refractivity contribution is 5.85. The summed E-state index contributed by atoms with van der Waals surface area (Å²) in [6.07, 6.45) is 1.82. The minimum atomic E-state index is -0.983. The summed E-state index contributed by atoms with van der Waals surface area (Å²) in [4.78, 5) is 33.2. The van der Waals surface area contributed by atoms with Gasteiger partial charge in [-0.1, -0.05) is 13.3 Å². The van der Waals surface area contributed by atoms with Crippen molar-refractivity contribution >= 4 is 17.8 Å². The van der Waals surface area contributed by atoms with E-state index >= 15 is 0 Å². The van der Waals surface area contributed by atoms with Crippen molar-refractivity contribution in [2.75, 3.05) is 6.54 Å². The molecule has 6 nitrogen and oxygen atoms in total. The first-order valence-corrected chi connectivity index (χ1v) is 6.18. The number of hydrogen-bond acceptors (Lipinski definition) is 3. The maximum absolute atomic E-state index is 11.8. The van der Waals surface area contributed by atoms with Crippen molar-refractivity contribution in [2.24, 2.45) is 17.8 Å². The standard InChI is InChI=1S/C12H19NO5/c1-2-7-5-8(9(6-7)12(17)18)11(16)13-4-3-10(14)15/h7-9H,2-6H2,1H3,(H,13,16)(H,14,15)(H,17,18). The highest BCUT2D eigenvalue weighted by atomic mass is 16.4. The highest BCUT2D eigenvalue weighted by Crippen LogP contribution is 2.38. The minimum absolute atomic E-state index is 0.0494. The fourth-order valence-corrected chi connectivity index (χ4v) is 2.46. The Labute approximate surface area is 105 Å². The molecule has 1 fully saturated rings. The summed E-state index contributed by atoms with van der Waals surface area (Å²) in [6.45, 7) is 2.03. The average Bonchev–Trinajstić information content (AvgIpc) is 2.72. The molecule has 1 saturated carbocycles. The molecule has 1 aliphatic rings. The number of carbonyl (C=O) groups is 3. The van der Waals surface area contributed by atoms with Crippen LogP contribution in [0.2, 0.25) is 0 Å². The van der Waals surface area contributed by atoms with Crippen molar-refractivity contribution in [3.05, 3.63) is 0 Å². The summed E-state index contributed by atoms with van der Waals surface area (Å²) in [7, 11) is 0. The van der Waals surface area contributed by atoms with Crippen LogP contribution in [0.15, 0.2) is 0 Å². The summed E-state index contributed by atoms with van der Waals surface area (Å²) >= 11 is 0. The summed E-state index contributed by atoms with van der Waals surface area (Å²) in [6, 6.07) is 0. The Morgan fingerprint density at radius 1 is 1.17 bits per heavy atom. The number of nitrogens with one attached hydrogen (secondary N) is 1. The van der Waals surface area contributed by atoms with Crippen LogP contribution in [0, 0.1) is 17.8 Å². The molecule has 1 rings (SSSR count). The van der Waals surface area contributed by atoms with Gasteiger partial charge in [0.2, 0.25) is 5.91 Å². The van der Waals surface area contributed by atoms with E-state index in [-0.39, 0.29) is 24.8 Å². The first-order valence-electron chi connectivity index (χ1n) is 6.18. The molecule has 1 amide bonds. The molecule has 3 N–H and O–H groups in total. The van der Waals surface area contributed by atoms with Gasteiger partial charge in [0.1, 0.15) is 0 Å². The number of carbonyl (C=O) groups excluding carboxylic acids is 1. The number of hydrogen-bond donors (Lipinski definition) is 3. The van der Waals surface area contributed by atoms with Crippen molar-refractivity contribution in [1.82, 2.24) is 5.32 Å². The van der Waals surface area contributed by atoms with Gasteiger partial charge >= 0.3 is 11.9 Å². The molecule has 0 spiro atoms. The van der Waals surface area contributed by atoms with Gasteiger partial charge in [-0.15, -0.1) is 0 Å². The van der Waals surface area contributed by atoms with Gasteiger partial charge in [-0.25, -0.2) is 0 Å². The molecule has 0 aromatic rings. The Balaban J connectivity index is 2.54. The monoisotopic (exact) mass is 257 g/mol. The van der Waals surface area contributed by atoms with Gasteiger partial charge in [-0.2, -0.15) is 0 Å². The van der Waals surface area contributed by atoms with Crippen LogP contribution in [0.4, 0.5) is 0 Å². The topological polar surface area (TPSA) is 104 Å². The van der Waals surface area contributed by atoms with Gasteiger partial charge in [0.25, 0.3) is 0 Å². The van der Waals surface area contributed by atoms with Crippen LogP contribution in [-0.2, 0) is 14.4 Å². The maximum Gasteiger partial charge on any atom is 0.307 e. The quantitative estimate of drug-likeness (QED) is 0.650. The molecule has 102 valence electrons. The predicted molar refractivity (Wildman–Crippen MR) is 62.9 cm³/mol. The van der Waals surface area contributed by atoms with Gasteiger partial charge in [-0.05, 0) is 18.8 Å². The summed E-state index contributed by atoms with van der Waals surface area (Å²) in [5.41, 5.74) is 0. The third kappa shape index (κ3) is 3.72. The van der Waals surface area contributed by atoms with E-state index in [4.69, 9.17) is 10.2 Å². The second-order valence-corrected chi connectivity index (χ2v) is 4.73. The van der Waals surface area contributed by atoms with E-state index in [1.54, 1.807) is 0 Å². The lowest BCUT2D eigenvalue weighted by molar-refractivity contribution is -0.146. The number of rotatable bonds is 6. The molecule has 0 radical (unpaired) electrons. The Morgan fingerprint density at radius 3 is 2.28 bits per heavy atom. The summed E-state index contributed by atoms with van der Waals surface area (Å²) < 4.78 is 0. The number of aliphatic carboxylic acids is 2. The molecule has 18 heavy (non-hydrogen) atoms. The van der Waals surface area contributed by atoms with Gasteiger partial charge < -0.3 is 15.5 Å². The van der Waals surface area contributed by atoms with Crippen LogP contribution in [0.1, 0.15) is 32.6 Å². The Morgan fingerprint density at radius 2 is 1.78 bits per heavy atom. The van der Waals surface area contributed by atoms with E-state index in [0.29, 0.717) is 12.8 Å². The van der Waals surface area contributed by atoms with Gasteiger partial charge in [0.15, 0.2) is 0 Å². The lowest BCUT2D eigenvalue weighted by Gasteiger charge is -2.14. The Kier molecular flexibility index (Phi) is 5.12. The third-order valence-electron chi connectivity index (χ3n) is 3.53. The fraction of sp³-hybridized carbons (Fsp3) is 0.750. The van der Waals surface area contributed by atoms with Crippen LogP contribution in [0.25, 0.3) is 0 Å². The van der Waals surface area contributed by atoms with E-state index in [1.807, 2.05) is 6.92 Å². The lowest BCUT2D eigenvalue weighted by Crippen LogP contribution is -2.36.